The number of benzene rings is 1. The summed E-state index contributed by atoms with van der Waals surface area (Å²) in [5, 5.41) is 0. The van der Waals surface area contributed by atoms with Crippen LogP contribution in [-0.4, -0.2) is 12.3 Å². The van der Waals surface area contributed by atoms with E-state index in [0.717, 1.165) is 4.47 Å². The average Bonchev–Trinajstić information content (AvgIpc) is 2.81. The lowest BCUT2D eigenvalue weighted by Crippen LogP contribution is -2.06. The molecule has 0 aliphatic heterocycles. The van der Waals surface area contributed by atoms with Crippen molar-refractivity contribution in [2.75, 3.05) is 0 Å². The third kappa shape index (κ3) is 2.82. The first-order valence-corrected chi connectivity index (χ1v) is 5.51. The molecule has 0 aliphatic carbocycles. The highest BCUT2D eigenvalue weighted by atomic mass is 79.9. The van der Waals surface area contributed by atoms with Gasteiger partial charge < -0.3 is 9.15 Å². The molecular weight excluding hydrogens is 288 g/mol. The highest BCUT2D eigenvalue weighted by Crippen LogP contribution is 2.17. The Balaban J connectivity index is 2.11. The lowest BCUT2D eigenvalue weighted by molar-refractivity contribution is 0.0700. The van der Waals surface area contributed by atoms with Crippen LogP contribution in [0, 0.1) is 0 Å². The number of carbonyl (C=O) groups is 2. The fourth-order valence-electron chi connectivity index (χ4n) is 1.19. The minimum absolute atomic E-state index is 0.00461. The first-order chi connectivity index (χ1) is 8.19. The van der Waals surface area contributed by atoms with Crippen molar-refractivity contribution in [2.45, 2.75) is 0 Å². The molecule has 0 atom stereocenters. The van der Waals surface area contributed by atoms with Crippen LogP contribution in [0.15, 0.2) is 45.3 Å². The molecule has 4 nitrogen and oxygen atoms in total. The molecule has 0 bridgehead atoms. The number of halogens is 1. The highest BCUT2D eigenvalue weighted by Gasteiger charge is 2.13. The summed E-state index contributed by atoms with van der Waals surface area (Å²) in [5.74, 6) is -0.148. The lowest BCUT2D eigenvalue weighted by Gasteiger charge is -2.01. The van der Waals surface area contributed by atoms with Crippen LogP contribution in [0.2, 0.25) is 0 Å². The summed E-state index contributed by atoms with van der Waals surface area (Å²) in [6.45, 7) is 0. The van der Waals surface area contributed by atoms with Gasteiger partial charge in [0, 0.05) is 4.47 Å². The van der Waals surface area contributed by atoms with E-state index in [1.54, 1.807) is 24.3 Å². The molecule has 0 saturated carbocycles. The number of esters is 1. The second-order valence-corrected chi connectivity index (χ2v) is 4.08. The summed E-state index contributed by atoms with van der Waals surface area (Å²) in [6, 6.07) is 9.59. The number of hydrogen-bond donors (Lipinski definition) is 0. The topological polar surface area (TPSA) is 56.5 Å². The molecule has 2 rings (SSSR count). The fourth-order valence-corrected chi connectivity index (χ4v) is 1.45. The number of ether oxygens (including phenoxy) is 1. The maximum Gasteiger partial charge on any atom is 0.379 e. The molecule has 0 fully saturated rings. The first kappa shape index (κ1) is 11.6. The van der Waals surface area contributed by atoms with Crippen molar-refractivity contribution in [1.82, 2.24) is 0 Å². The second-order valence-electron chi connectivity index (χ2n) is 3.16. The SMILES string of the molecule is O=Cc1ccc(C(=O)Oc2ccc(Br)cc2)o1. The van der Waals surface area contributed by atoms with Gasteiger partial charge in [-0.2, -0.15) is 0 Å². The molecule has 0 unspecified atom stereocenters. The largest absolute Gasteiger partial charge is 0.446 e. The van der Waals surface area contributed by atoms with Gasteiger partial charge in [0.05, 0.1) is 0 Å². The zero-order chi connectivity index (χ0) is 12.3. The molecule has 2 aromatic rings. The van der Waals surface area contributed by atoms with E-state index < -0.39 is 5.97 Å². The van der Waals surface area contributed by atoms with E-state index in [1.807, 2.05) is 0 Å². The van der Waals surface area contributed by atoms with Crippen LogP contribution in [0.4, 0.5) is 0 Å². The quantitative estimate of drug-likeness (QED) is 0.496. The molecule has 1 heterocycles. The first-order valence-electron chi connectivity index (χ1n) is 4.72. The summed E-state index contributed by atoms with van der Waals surface area (Å²) in [6.07, 6.45) is 0.524. The van der Waals surface area contributed by atoms with E-state index in [4.69, 9.17) is 9.15 Å². The van der Waals surface area contributed by atoms with Crippen LogP contribution in [0.25, 0.3) is 0 Å². The summed E-state index contributed by atoms with van der Waals surface area (Å²) >= 11 is 3.27. The molecule has 0 amide bonds. The van der Waals surface area contributed by atoms with Gasteiger partial charge in [0.2, 0.25) is 5.76 Å². The molecule has 17 heavy (non-hydrogen) atoms. The molecule has 0 radical (unpaired) electrons. The Morgan fingerprint density at radius 1 is 1.18 bits per heavy atom. The second kappa shape index (κ2) is 4.97. The van der Waals surface area contributed by atoms with Crippen LogP contribution in [-0.2, 0) is 0 Å². The Kier molecular flexibility index (Phi) is 3.39. The average molecular weight is 295 g/mol. The number of aldehydes is 1. The Labute approximate surface area is 105 Å². The van der Waals surface area contributed by atoms with Gasteiger partial charge in [-0.3, -0.25) is 4.79 Å². The lowest BCUT2D eigenvalue weighted by atomic mass is 10.3. The van der Waals surface area contributed by atoms with Gasteiger partial charge >= 0.3 is 5.97 Å². The van der Waals surface area contributed by atoms with Gasteiger partial charge in [0.1, 0.15) is 5.75 Å². The van der Waals surface area contributed by atoms with Crippen LogP contribution in [0.1, 0.15) is 21.1 Å². The van der Waals surface area contributed by atoms with Crippen molar-refractivity contribution in [1.29, 1.82) is 0 Å². The third-order valence-corrected chi connectivity index (χ3v) is 2.50. The minimum Gasteiger partial charge on any atom is -0.446 e. The maximum atomic E-state index is 11.6. The van der Waals surface area contributed by atoms with Gasteiger partial charge in [-0.25, -0.2) is 4.79 Å². The molecule has 1 aromatic heterocycles. The Morgan fingerprint density at radius 3 is 2.47 bits per heavy atom. The predicted octanol–water partition coefficient (Wildman–Crippen LogP) is 3.07. The molecule has 0 N–H and O–H groups in total. The molecule has 0 spiro atoms. The number of rotatable bonds is 3. The summed E-state index contributed by atoms with van der Waals surface area (Å²) < 4.78 is 10.9. The van der Waals surface area contributed by atoms with Crippen molar-refractivity contribution in [3.63, 3.8) is 0 Å². The summed E-state index contributed by atoms with van der Waals surface area (Å²) in [4.78, 5) is 22.0. The van der Waals surface area contributed by atoms with E-state index in [9.17, 15) is 9.59 Å². The van der Waals surface area contributed by atoms with E-state index in [-0.39, 0.29) is 11.5 Å². The number of hydrogen-bond acceptors (Lipinski definition) is 4. The van der Waals surface area contributed by atoms with E-state index >= 15 is 0 Å². The molecule has 0 saturated heterocycles. The van der Waals surface area contributed by atoms with Gasteiger partial charge in [-0.05, 0) is 36.4 Å². The predicted molar refractivity (Wildman–Crippen MR) is 63.2 cm³/mol. The van der Waals surface area contributed by atoms with E-state index in [1.165, 1.54) is 12.1 Å². The Bertz CT molecular complexity index is 542. The Morgan fingerprint density at radius 2 is 1.88 bits per heavy atom. The van der Waals surface area contributed by atoms with Crippen LogP contribution in [0.3, 0.4) is 0 Å². The smallest absolute Gasteiger partial charge is 0.379 e. The van der Waals surface area contributed by atoms with Gasteiger partial charge in [-0.15, -0.1) is 0 Å². The highest BCUT2D eigenvalue weighted by molar-refractivity contribution is 9.10. The van der Waals surface area contributed by atoms with Gasteiger partial charge in [0.15, 0.2) is 12.0 Å². The number of carbonyl (C=O) groups excluding carboxylic acids is 2. The molecule has 1 aromatic carbocycles. The molecule has 86 valence electrons. The van der Waals surface area contributed by atoms with Gasteiger partial charge in [-0.1, -0.05) is 15.9 Å². The summed E-state index contributed by atoms with van der Waals surface area (Å²) in [5.41, 5.74) is 0. The Hall–Kier alpha value is -1.88. The zero-order valence-electron chi connectivity index (χ0n) is 8.55. The van der Waals surface area contributed by atoms with E-state index in [0.29, 0.717) is 12.0 Å². The van der Waals surface area contributed by atoms with E-state index in [2.05, 4.69) is 15.9 Å². The summed E-state index contributed by atoms with van der Waals surface area (Å²) in [7, 11) is 0. The monoisotopic (exact) mass is 294 g/mol. The van der Waals surface area contributed by atoms with Crippen molar-refractivity contribution < 1.29 is 18.7 Å². The third-order valence-electron chi connectivity index (χ3n) is 1.97. The van der Waals surface area contributed by atoms with Crippen molar-refractivity contribution in [2.24, 2.45) is 0 Å². The standard InChI is InChI=1S/C12H7BrO4/c13-8-1-3-9(4-2-8)17-12(15)11-6-5-10(7-14)16-11/h1-7H. The van der Waals surface area contributed by atoms with Crippen LogP contribution in [0.5, 0.6) is 5.75 Å². The normalized spacial score (nSPS) is 9.94. The van der Waals surface area contributed by atoms with Crippen molar-refractivity contribution in [3.05, 3.63) is 52.4 Å². The molecule has 5 heteroatoms. The minimum atomic E-state index is -0.638. The molecule has 0 aliphatic rings. The number of furan rings is 1. The maximum absolute atomic E-state index is 11.6. The fraction of sp³-hybridized carbons (Fsp3) is 0. The zero-order valence-corrected chi connectivity index (χ0v) is 10.1. The van der Waals surface area contributed by atoms with Crippen LogP contribution >= 0.6 is 15.9 Å². The van der Waals surface area contributed by atoms with Crippen molar-refractivity contribution in [3.8, 4) is 5.75 Å². The van der Waals surface area contributed by atoms with Crippen LogP contribution < -0.4 is 4.74 Å². The molecular formula is C12H7BrO4. The van der Waals surface area contributed by atoms with Gasteiger partial charge in [0.25, 0.3) is 0 Å². The van der Waals surface area contributed by atoms with Crippen molar-refractivity contribution >= 4 is 28.2 Å².